The summed E-state index contributed by atoms with van der Waals surface area (Å²) in [5, 5.41) is 3.04. The first kappa shape index (κ1) is 30.3. The Morgan fingerprint density at radius 3 is 1.78 bits per heavy atom. The zero-order valence-corrected chi connectivity index (χ0v) is 25.7. The van der Waals surface area contributed by atoms with Gasteiger partial charge in [-0.15, -0.1) is 0 Å². The number of esters is 1. The minimum Gasteiger partial charge on any atom is -0.459 e. The summed E-state index contributed by atoms with van der Waals surface area (Å²) in [6.45, 7) is 4.88. The Hall–Kier alpha value is -4.75. The number of nitrogens with zero attached hydrogens (tertiary/aromatic N) is 2. The molecule has 7 heteroatoms. The number of likely N-dealkylation sites (tertiary alicyclic amines) is 1. The van der Waals surface area contributed by atoms with E-state index in [1.807, 2.05) is 98.8 Å². The van der Waals surface area contributed by atoms with Crippen LogP contribution in [0.3, 0.4) is 0 Å². The van der Waals surface area contributed by atoms with Gasteiger partial charge in [-0.3, -0.25) is 14.5 Å². The number of rotatable bonds is 11. The predicted octanol–water partition coefficient (Wildman–Crippen LogP) is 5.15. The van der Waals surface area contributed by atoms with Crippen LogP contribution in [0.15, 0.2) is 121 Å². The molecule has 45 heavy (non-hydrogen) atoms. The van der Waals surface area contributed by atoms with Gasteiger partial charge in [-0.25, -0.2) is 4.79 Å². The molecule has 0 saturated carbocycles. The van der Waals surface area contributed by atoms with E-state index in [9.17, 15) is 14.4 Å². The number of benzene rings is 4. The van der Waals surface area contributed by atoms with Gasteiger partial charge in [-0.05, 0) is 34.6 Å². The minimum absolute atomic E-state index is 0.145. The lowest BCUT2D eigenvalue weighted by atomic mass is 9.76. The summed E-state index contributed by atoms with van der Waals surface area (Å²) < 4.78 is 5.63. The fraction of sp³-hybridized carbons (Fsp3) is 0.289. The topological polar surface area (TPSA) is 78.7 Å². The summed E-state index contributed by atoms with van der Waals surface area (Å²) in [4.78, 5) is 44.5. The molecular weight excluding hydrogens is 562 g/mol. The highest BCUT2D eigenvalue weighted by molar-refractivity contribution is 5.94. The molecule has 2 amide bonds. The molecule has 0 aromatic heterocycles. The van der Waals surface area contributed by atoms with Crippen LogP contribution in [-0.4, -0.2) is 58.8 Å². The van der Waals surface area contributed by atoms with Crippen LogP contribution in [-0.2, 0) is 31.3 Å². The van der Waals surface area contributed by atoms with Crippen LogP contribution in [0.25, 0.3) is 0 Å². The van der Waals surface area contributed by atoms with Gasteiger partial charge in [0.15, 0.2) is 0 Å². The molecule has 4 atom stereocenters. The van der Waals surface area contributed by atoms with Crippen molar-refractivity contribution in [3.05, 3.63) is 144 Å². The third-order valence-electron chi connectivity index (χ3n) is 8.91. The second-order valence-corrected chi connectivity index (χ2v) is 12.1. The van der Waals surface area contributed by atoms with Crippen molar-refractivity contribution in [2.45, 2.75) is 50.5 Å². The van der Waals surface area contributed by atoms with Gasteiger partial charge < -0.3 is 15.0 Å². The largest absolute Gasteiger partial charge is 0.459 e. The number of carbonyl (C=O) groups excluding carboxylic acids is 3. The fourth-order valence-corrected chi connectivity index (χ4v) is 6.72. The fourth-order valence-electron chi connectivity index (χ4n) is 6.72. The zero-order valence-electron chi connectivity index (χ0n) is 25.7. The third-order valence-corrected chi connectivity index (χ3v) is 8.91. The molecule has 1 unspecified atom stereocenters. The quantitative estimate of drug-likeness (QED) is 0.146. The first-order chi connectivity index (χ1) is 21.9. The lowest BCUT2D eigenvalue weighted by Gasteiger charge is -2.38. The summed E-state index contributed by atoms with van der Waals surface area (Å²) in [6.07, 6.45) is 0.438. The molecule has 4 aromatic carbocycles. The van der Waals surface area contributed by atoms with Crippen LogP contribution in [0.2, 0.25) is 0 Å². The van der Waals surface area contributed by atoms with Crippen LogP contribution in [0.4, 0.5) is 0 Å². The Kier molecular flexibility index (Phi) is 8.80. The van der Waals surface area contributed by atoms with E-state index in [4.69, 9.17) is 4.74 Å². The molecule has 2 saturated heterocycles. The summed E-state index contributed by atoms with van der Waals surface area (Å²) in [6, 6.07) is 38.4. The Labute approximate surface area is 264 Å². The van der Waals surface area contributed by atoms with E-state index >= 15 is 0 Å². The highest BCUT2D eigenvalue weighted by Gasteiger charge is 2.56. The number of hydrogen-bond donors (Lipinski definition) is 1. The Morgan fingerprint density at radius 1 is 0.800 bits per heavy atom. The van der Waals surface area contributed by atoms with Crippen molar-refractivity contribution in [2.24, 2.45) is 5.92 Å². The van der Waals surface area contributed by atoms with Crippen molar-refractivity contribution in [3.63, 3.8) is 0 Å². The Bertz CT molecular complexity index is 1520. The van der Waals surface area contributed by atoms with E-state index in [0.29, 0.717) is 19.5 Å². The van der Waals surface area contributed by atoms with Gasteiger partial charge >= 0.3 is 5.97 Å². The molecular formula is C38H39N3O4. The second kappa shape index (κ2) is 13.1. The molecule has 7 nitrogen and oxygen atoms in total. The van der Waals surface area contributed by atoms with Gasteiger partial charge in [0.1, 0.15) is 24.7 Å². The van der Waals surface area contributed by atoms with Crippen molar-refractivity contribution >= 4 is 17.8 Å². The molecule has 2 aliphatic rings. The smallest absolute Gasteiger partial charge is 0.329 e. The van der Waals surface area contributed by atoms with E-state index in [0.717, 1.165) is 22.3 Å². The maximum absolute atomic E-state index is 13.8. The number of carbonyl (C=O) groups is 3. The highest BCUT2D eigenvalue weighted by atomic mass is 16.5. The number of hydrogen-bond acceptors (Lipinski definition) is 5. The van der Waals surface area contributed by atoms with Gasteiger partial charge in [-0.1, -0.05) is 135 Å². The van der Waals surface area contributed by atoms with E-state index in [2.05, 4.69) is 46.6 Å². The Morgan fingerprint density at radius 2 is 1.29 bits per heavy atom. The molecule has 0 spiro atoms. The molecule has 0 aliphatic carbocycles. The second-order valence-electron chi connectivity index (χ2n) is 12.1. The molecule has 2 fully saturated rings. The maximum Gasteiger partial charge on any atom is 0.329 e. The average Bonchev–Trinajstić information content (AvgIpc) is 3.81. The zero-order chi connectivity index (χ0) is 31.4. The lowest BCUT2D eigenvalue weighted by Crippen LogP contribution is -2.51. The van der Waals surface area contributed by atoms with E-state index in [1.54, 1.807) is 4.90 Å². The molecule has 230 valence electrons. The first-order valence-corrected chi connectivity index (χ1v) is 15.7. The van der Waals surface area contributed by atoms with Crippen LogP contribution >= 0.6 is 0 Å². The van der Waals surface area contributed by atoms with E-state index < -0.39 is 29.6 Å². The van der Waals surface area contributed by atoms with Gasteiger partial charge in [0.25, 0.3) is 0 Å². The molecule has 1 N–H and O–H groups in total. The van der Waals surface area contributed by atoms with Gasteiger partial charge in [0.05, 0.1) is 5.54 Å². The van der Waals surface area contributed by atoms with Crippen LogP contribution < -0.4 is 5.32 Å². The van der Waals surface area contributed by atoms with Crippen LogP contribution in [0.5, 0.6) is 0 Å². The van der Waals surface area contributed by atoms with Crippen LogP contribution in [0, 0.1) is 5.92 Å². The third kappa shape index (κ3) is 6.00. The molecule has 2 aliphatic heterocycles. The van der Waals surface area contributed by atoms with Crippen molar-refractivity contribution in [3.8, 4) is 0 Å². The van der Waals surface area contributed by atoms with Crippen LogP contribution in [0.1, 0.15) is 42.5 Å². The average molecular weight is 602 g/mol. The summed E-state index contributed by atoms with van der Waals surface area (Å²) in [5.41, 5.74) is 3.39. The summed E-state index contributed by atoms with van der Waals surface area (Å²) >= 11 is 0. The number of amides is 2. The number of ether oxygens (including phenoxy) is 1. The summed E-state index contributed by atoms with van der Waals surface area (Å²) in [5.74, 6) is -1.00. The Balaban J connectivity index is 1.20. The summed E-state index contributed by atoms with van der Waals surface area (Å²) in [7, 11) is 0. The molecule has 0 radical (unpaired) electrons. The normalized spacial score (nSPS) is 20.1. The van der Waals surface area contributed by atoms with Crippen molar-refractivity contribution in [1.29, 1.82) is 0 Å². The SMILES string of the molecule is CC(C)[C@@H](C(=O)OCc1ccccc1)N1CC[C@@H](NC(=O)[C@@H]2CN2C(c2ccccc2)(c2ccccc2)c2ccccc2)C1=O. The highest BCUT2D eigenvalue weighted by Crippen LogP contribution is 2.48. The number of nitrogens with one attached hydrogen (secondary N) is 1. The van der Waals surface area contributed by atoms with Gasteiger partial charge in [0.2, 0.25) is 11.8 Å². The van der Waals surface area contributed by atoms with Crippen molar-refractivity contribution in [1.82, 2.24) is 15.1 Å². The molecule has 4 aromatic rings. The van der Waals surface area contributed by atoms with Crippen molar-refractivity contribution in [2.75, 3.05) is 13.1 Å². The predicted molar refractivity (Wildman–Crippen MR) is 173 cm³/mol. The monoisotopic (exact) mass is 601 g/mol. The maximum atomic E-state index is 13.8. The minimum atomic E-state index is -0.720. The molecule has 2 heterocycles. The molecule has 0 bridgehead atoms. The molecule has 6 rings (SSSR count). The lowest BCUT2D eigenvalue weighted by molar-refractivity contribution is -0.157. The van der Waals surface area contributed by atoms with E-state index in [-0.39, 0.29) is 24.3 Å². The standard InChI is InChI=1S/C38H39N3O4/c1-27(2)34(37(44)45-26-28-15-7-3-8-16-28)40-24-23-32(36(40)43)39-35(42)33-25-41(33)38(29-17-9-4-10-18-29,30-19-11-5-12-20-30)31-21-13-6-14-22-31/h3-22,27,32-34H,23-26H2,1-2H3,(H,39,42)/t32-,33+,34+,41?/m1/s1. The van der Waals surface area contributed by atoms with Gasteiger partial charge in [-0.2, -0.15) is 0 Å². The van der Waals surface area contributed by atoms with Gasteiger partial charge in [0, 0.05) is 13.1 Å². The van der Waals surface area contributed by atoms with E-state index in [1.165, 1.54) is 0 Å². The first-order valence-electron chi connectivity index (χ1n) is 15.7. The van der Waals surface area contributed by atoms with Crippen molar-refractivity contribution < 1.29 is 19.1 Å².